The Morgan fingerprint density at radius 2 is 2.21 bits per heavy atom. The molecule has 5 heteroatoms. The molecule has 0 aromatic heterocycles. The third-order valence-electron chi connectivity index (χ3n) is 3.20. The summed E-state index contributed by atoms with van der Waals surface area (Å²) in [5.41, 5.74) is 1.93. The fourth-order valence-electron chi connectivity index (χ4n) is 2.26. The lowest BCUT2D eigenvalue weighted by Crippen LogP contribution is -2.49. The van der Waals surface area contributed by atoms with Crippen LogP contribution >= 0.6 is 0 Å². The van der Waals surface area contributed by atoms with Gasteiger partial charge in [-0.3, -0.25) is 9.59 Å². The number of morpholine rings is 1. The Kier molecular flexibility index (Phi) is 4.16. The van der Waals surface area contributed by atoms with Gasteiger partial charge in [0.2, 0.25) is 0 Å². The molecule has 1 amide bonds. The number of aliphatic carboxylic acids is 1. The van der Waals surface area contributed by atoms with Crippen LogP contribution in [0, 0.1) is 0 Å². The number of carbonyl (C=O) groups is 2. The molecule has 1 unspecified atom stereocenters. The number of hydrogen-bond acceptors (Lipinski definition) is 3. The van der Waals surface area contributed by atoms with Crippen molar-refractivity contribution in [3.05, 3.63) is 29.8 Å². The molecule has 5 nitrogen and oxygen atoms in total. The van der Waals surface area contributed by atoms with Crippen LogP contribution in [0.3, 0.4) is 0 Å². The molecule has 1 aliphatic heterocycles. The van der Waals surface area contributed by atoms with E-state index in [0.29, 0.717) is 13.2 Å². The Labute approximate surface area is 111 Å². The molecule has 1 heterocycles. The van der Waals surface area contributed by atoms with Crippen molar-refractivity contribution in [3.63, 3.8) is 0 Å². The normalized spacial score (nSPS) is 19.5. The Morgan fingerprint density at radius 1 is 1.47 bits per heavy atom. The average Bonchev–Trinajstić information content (AvgIpc) is 2.41. The van der Waals surface area contributed by atoms with Gasteiger partial charge in [-0.15, -0.1) is 0 Å². The van der Waals surface area contributed by atoms with Gasteiger partial charge in [0.1, 0.15) is 6.10 Å². The molecular formula is C14H17NO4. The fraction of sp³-hybridized carbons (Fsp3) is 0.429. The van der Waals surface area contributed by atoms with E-state index in [1.54, 1.807) is 4.90 Å². The van der Waals surface area contributed by atoms with Gasteiger partial charge in [0.25, 0.3) is 5.91 Å². The molecule has 19 heavy (non-hydrogen) atoms. The number of carboxylic acid groups (broad SMARTS) is 1. The minimum atomic E-state index is -1.02. The van der Waals surface area contributed by atoms with E-state index in [-0.39, 0.29) is 12.3 Å². The van der Waals surface area contributed by atoms with E-state index in [4.69, 9.17) is 9.84 Å². The van der Waals surface area contributed by atoms with E-state index < -0.39 is 12.1 Å². The third kappa shape index (κ3) is 2.93. The number of hydrogen-bond donors (Lipinski definition) is 1. The van der Waals surface area contributed by atoms with Crippen LogP contribution in [0.1, 0.15) is 18.9 Å². The zero-order chi connectivity index (χ0) is 13.8. The Morgan fingerprint density at radius 3 is 2.89 bits per heavy atom. The summed E-state index contributed by atoms with van der Waals surface area (Å²) in [5.74, 6) is -1.29. The van der Waals surface area contributed by atoms with Crippen molar-refractivity contribution in [2.24, 2.45) is 0 Å². The van der Waals surface area contributed by atoms with Crippen molar-refractivity contribution in [1.29, 1.82) is 0 Å². The molecule has 1 saturated heterocycles. The lowest BCUT2D eigenvalue weighted by molar-refractivity contribution is -0.147. The maximum Gasteiger partial charge on any atom is 0.306 e. The van der Waals surface area contributed by atoms with Crippen LogP contribution in [0.2, 0.25) is 0 Å². The highest BCUT2D eigenvalue weighted by Crippen LogP contribution is 2.24. The molecule has 0 aliphatic carbocycles. The van der Waals surface area contributed by atoms with Crippen molar-refractivity contribution < 1.29 is 19.4 Å². The van der Waals surface area contributed by atoms with Crippen LogP contribution in [-0.2, 0) is 20.7 Å². The number of carboxylic acids is 1. The topological polar surface area (TPSA) is 66.8 Å². The molecule has 1 aromatic carbocycles. The fourth-order valence-corrected chi connectivity index (χ4v) is 2.26. The summed E-state index contributed by atoms with van der Waals surface area (Å²) in [5, 5.41) is 8.79. The first-order valence-corrected chi connectivity index (χ1v) is 6.36. The molecule has 2 rings (SSSR count). The molecule has 0 radical (unpaired) electrons. The van der Waals surface area contributed by atoms with Gasteiger partial charge in [0.15, 0.2) is 0 Å². The van der Waals surface area contributed by atoms with Gasteiger partial charge in [0, 0.05) is 12.2 Å². The van der Waals surface area contributed by atoms with Gasteiger partial charge in [0.05, 0.1) is 13.0 Å². The molecule has 1 aliphatic rings. The largest absolute Gasteiger partial charge is 0.481 e. The minimum absolute atomic E-state index is 0.269. The van der Waals surface area contributed by atoms with E-state index in [9.17, 15) is 9.59 Å². The third-order valence-corrected chi connectivity index (χ3v) is 3.20. The first-order valence-electron chi connectivity index (χ1n) is 6.36. The van der Waals surface area contributed by atoms with E-state index in [1.165, 1.54) is 0 Å². The van der Waals surface area contributed by atoms with Gasteiger partial charge in [-0.2, -0.15) is 0 Å². The van der Waals surface area contributed by atoms with Crippen LogP contribution in [0.25, 0.3) is 0 Å². The van der Waals surface area contributed by atoms with E-state index in [1.807, 2.05) is 31.2 Å². The second-order valence-corrected chi connectivity index (χ2v) is 4.43. The molecular weight excluding hydrogens is 246 g/mol. The summed E-state index contributed by atoms with van der Waals surface area (Å²) in [7, 11) is 0. The highest BCUT2D eigenvalue weighted by Gasteiger charge is 2.32. The molecule has 0 bridgehead atoms. The molecule has 102 valence electrons. The van der Waals surface area contributed by atoms with E-state index in [2.05, 4.69) is 0 Å². The summed E-state index contributed by atoms with van der Waals surface area (Å²) in [6.07, 6.45) is -0.343. The number of amides is 1. The maximum absolute atomic E-state index is 12.3. The quantitative estimate of drug-likeness (QED) is 0.893. The van der Waals surface area contributed by atoms with E-state index >= 15 is 0 Å². The number of carbonyl (C=O) groups excluding carboxylic acids is 1. The van der Waals surface area contributed by atoms with Crippen molar-refractivity contribution >= 4 is 17.6 Å². The SMILES string of the molecule is CCc1ccccc1N1CCOC(CC(=O)O)C1=O. The molecule has 0 spiro atoms. The van der Waals surface area contributed by atoms with Gasteiger partial charge < -0.3 is 14.7 Å². The molecule has 1 atom stereocenters. The predicted molar refractivity (Wildman–Crippen MR) is 70.2 cm³/mol. The Hall–Kier alpha value is -1.88. The van der Waals surface area contributed by atoms with Gasteiger partial charge in [-0.05, 0) is 18.1 Å². The smallest absolute Gasteiger partial charge is 0.306 e. The predicted octanol–water partition coefficient (Wildman–Crippen LogP) is 1.46. The van der Waals surface area contributed by atoms with Crippen LogP contribution in [0.4, 0.5) is 5.69 Å². The van der Waals surface area contributed by atoms with Crippen LogP contribution < -0.4 is 4.90 Å². The molecule has 1 fully saturated rings. The second-order valence-electron chi connectivity index (χ2n) is 4.43. The Bertz CT molecular complexity index is 486. The summed E-state index contributed by atoms with van der Waals surface area (Å²) in [4.78, 5) is 24.6. The zero-order valence-electron chi connectivity index (χ0n) is 10.8. The summed E-state index contributed by atoms with van der Waals surface area (Å²) < 4.78 is 5.25. The average molecular weight is 263 g/mol. The van der Waals surface area contributed by atoms with Crippen LogP contribution in [-0.4, -0.2) is 36.2 Å². The van der Waals surface area contributed by atoms with Crippen molar-refractivity contribution in [2.75, 3.05) is 18.1 Å². The number of anilines is 1. The van der Waals surface area contributed by atoms with Gasteiger partial charge >= 0.3 is 5.97 Å². The minimum Gasteiger partial charge on any atom is -0.481 e. The van der Waals surface area contributed by atoms with Crippen molar-refractivity contribution in [3.8, 4) is 0 Å². The number of aryl methyl sites for hydroxylation is 1. The highest BCUT2D eigenvalue weighted by molar-refractivity contribution is 5.99. The number of rotatable bonds is 4. The van der Waals surface area contributed by atoms with E-state index in [0.717, 1.165) is 17.7 Å². The number of para-hydroxylation sites is 1. The Balaban J connectivity index is 2.24. The first kappa shape index (κ1) is 13.5. The number of nitrogens with zero attached hydrogens (tertiary/aromatic N) is 1. The standard InChI is InChI=1S/C14H17NO4/c1-2-10-5-3-4-6-11(10)15-7-8-19-12(14(15)18)9-13(16)17/h3-6,12H,2,7-9H2,1H3,(H,16,17). The van der Waals surface area contributed by atoms with Crippen molar-refractivity contribution in [2.45, 2.75) is 25.9 Å². The lowest BCUT2D eigenvalue weighted by Gasteiger charge is -2.33. The molecule has 1 aromatic rings. The second kappa shape index (κ2) is 5.84. The van der Waals surface area contributed by atoms with Crippen molar-refractivity contribution in [1.82, 2.24) is 0 Å². The van der Waals surface area contributed by atoms with Crippen LogP contribution in [0.15, 0.2) is 24.3 Å². The zero-order valence-corrected chi connectivity index (χ0v) is 10.8. The summed E-state index contributed by atoms with van der Waals surface area (Å²) in [6, 6.07) is 7.68. The molecule has 1 N–H and O–H groups in total. The molecule has 0 saturated carbocycles. The van der Waals surface area contributed by atoms with Gasteiger partial charge in [-0.1, -0.05) is 25.1 Å². The van der Waals surface area contributed by atoms with Crippen LogP contribution in [0.5, 0.6) is 0 Å². The highest BCUT2D eigenvalue weighted by atomic mass is 16.5. The number of ether oxygens (including phenoxy) is 1. The lowest BCUT2D eigenvalue weighted by atomic mass is 10.1. The summed E-state index contributed by atoms with van der Waals surface area (Å²) in [6.45, 7) is 2.85. The van der Waals surface area contributed by atoms with Gasteiger partial charge in [-0.25, -0.2) is 0 Å². The number of benzene rings is 1. The maximum atomic E-state index is 12.3. The summed E-state index contributed by atoms with van der Waals surface area (Å²) >= 11 is 0. The first-order chi connectivity index (χ1) is 9.13. The monoisotopic (exact) mass is 263 g/mol.